The average Bonchev–Trinajstić information content (AvgIpc) is 2.78. The summed E-state index contributed by atoms with van der Waals surface area (Å²) >= 11 is 0. The van der Waals surface area contributed by atoms with E-state index in [0.29, 0.717) is 11.5 Å². The molecule has 150 valence electrons. The lowest BCUT2D eigenvalue weighted by molar-refractivity contribution is 0.235. The van der Waals surface area contributed by atoms with Crippen LogP contribution in [0.4, 0.5) is 4.79 Å². The molecule has 6 heteroatoms. The van der Waals surface area contributed by atoms with Crippen LogP contribution in [0.5, 0.6) is 11.5 Å². The SMILES string of the molecule is COc1ccc(OC)c(C(C)NC(=O)NC(c2ccccc2)c2ccccn2)c1. The van der Waals surface area contributed by atoms with Crippen molar-refractivity contribution < 1.29 is 14.3 Å². The minimum atomic E-state index is -0.364. The predicted molar refractivity (Wildman–Crippen MR) is 112 cm³/mol. The van der Waals surface area contributed by atoms with Crippen LogP contribution < -0.4 is 20.1 Å². The van der Waals surface area contributed by atoms with Gasteiger partial charge in [-0.05, 0) is 42.8 Å². The molecule has 0 aliphatic carbocycles. The molecule has 0 radical (unpaired) electrons. The number of pyridine rings is 1. The average molecular weight is 391 g/mol. The van der Waals surface area contributed by atoms with E-state index < -0.39 is 0 Å². The Hall–Kier alpha value is -3.54. The maximum absolute atomic E-state index is 12.8. The summed E-state index contributed by atoms with van der Waals surface area (Å²) in [5, 5.41) is 6.01. The molecule has 6 nitrogen and oxygen atoms in total. The van der Waals surface area contributed by atoms with Crippen molar-refractivity contribution in [2.45, 2.75) is 19.0 Å². The second-order valence-electron chi connectivity index (χ2n) is 6.55. The molecule has 2 amide bonds. The van der Waals surface area contributed by atoms with E-state index in [4.69, 9.17) is 9.47 Å². The maximum atomic E-state index is 12.8. The second kappa shape index (κ2) is 9.59. The van der Waals surface area contributed by atoms with Gasteiger partial charge in [0.1, 0.15) is 11.5 Å². The van der Waals surface area contributed by atoms with Crippen molar-refractivity contribution in [2.75, 3.05) is 14.2 Å². The topological polar surface area (TPSA) is 72.5 Å². The number of carbonyl (C=O) groups excluding carboxylic acids is 1. The molecule has 3 rings (SSSR count). The van der Waals surface area contributed by atoms with E-state index in [1.165, 1.54) is 0 Å². The highest BCUT2D eigenvalue weighted by atomic mass is 16.5. The van der Waals surface area contributed by atoms with Gasteiger partial charge in [0.2, 0.25) is 0 Å². The van der Waals surface area contributed by atoms with Crippen LogP contribution >= 0.6 is 0 Å². The number of rotatable bonds is 7. The number of hydrogen-bond acceptors (Lipinski definition) is 4. The summed E-state index contributed by atoms with van der Waals surface area (Å²) in [6.45, 7) is 1.90. The van der Waals surface area contributed by atoms with Gasteiger partial charge in [0.05, 0.1) is 32.0 Å². The third-order valence-electron chi connectivity index (χ3n) is 4.64. The van der Waals surface area contributed by atoms with Gasteiger partial charge in [-0.2, -0.15) is 0 Å². The Morgan fingerprint density at radius 1 is 0.931 bits per heavy atom. The Morgan fingerprint density at radius 3 is 2.34 bits per heavy atom. The van der Waals surface area contributed by atoms with Gasteiger partial charge in [-0.1, -0.05) is 36.4 Å². The predicted octanol–water partition coefficient (Wildman–Crippen LogP) is 4.25. The highest BCUT2D eigenvalue weighted by Gasteiger charge is 2.20. The van der Waals surface area contributed by atoms with Crippen molar-refractivity contribution >= 4 is 6.03 Å². The summed E-state index contributed by atoms with van der Waals surface area (Å²) < 4.78 is 10.7. The molecule has 2 atom stereocenters. The molecule has 0 saturated heterocycles. The fraction of sp³-hybridized carbons (Fsp3) is 0.217. The second-order valence-corrected chi connectivity index (χ2v) is 6.55. The number of ether oxygens (including phenoxy) is 2. The summed E-state index contributed by atoms with van der Waals surface area (Å²) in [4.78, 5) is 17.2. The molecule has 0 spiro atoms. The zero-order chi connectivity index (χ0) is 20.6. The van der Waals surface area contributed by atoms with Crippen LogP contribution in [0, 0.1) is 0 Å². The number of hydrogen-bond donors (Lipinski definition) is 2. The highest BCUT2D eigenvalue weighted by Crippen LogP contribution is 2.29. The largest absolute Gasteiger partial charge is 0.497 e. The standard InChI is InChI=1S/C23H25N3O3/c1-16(19-15-18(28-2)12-13-21(19)29-3)25-23(27)26-22(17-9-5-4-6-10-17)20-11-7-8-14-24-20/h4-16,22H,1-3H3,(H2,25,26,27). The third-order valence-corrected chi connectivity index (χ3v) is 4.64. The first-order valence-electron chi connectivity index (χ1n) is 9.37. The van der Waals surface area contributed by atoms with Gasteiger partial charge in [0.25, 0.3) is 0 Å². The monoisotopic (exact) mass is 391 g/mol. The van der Waals surface area contributed by atoms with E-state index >= 15 is 0 Å². The number of methoxy groups -OCH3 is 2. The first-order valence-corrected chi connectivity index (χ1v) is 9.37. The lowest BCUT2D eigenvalue weighted by atomic mass is 10.0. The molecule has 1 heterocycles. The van der Waals surface area contributed by atoms with Crippen molar-refractivity contribution in [1.29, 1.82) is 0 Å². The van der Waals surface area contributed by atoms with Gasteiger partial charge >= 0.3 is 6.03 Å². The maximum Gasteiger partial charge on any atom is 0.316 e. The van der Waals surface area contributed by atoms with Gasteiger partial charge in [0, 0.05) is 11.8 Å². The number of carbonyl (C=O) groups is 1. The Bertz CT molecular complexity index is 893. The van der Waals surface area contributed by atoms with Crippen LogP contribution in [0.2, 0.25) is 0 Å². The lowest BCUT2D eigenvalue weighted by Gasteiger charge is -2.22. The van der Waals surface area contributed by atoms with Crippen LogP contribution in [-0.2, 0) is 0 Å². The summed E-state index contributed by atoms with van der Waals surface area (Å²) in [7, 11) is 3.21. The van der Waals surface area contributed by atoms with E-state index in [1.54, 1.807) is 20.4 Å². The number of benzene rings is 2. The van der Waals surface area contributed by atoms with Gasteiger partial charge < -0.3 is 20.1 Å². The summed E-state index contributed by atoms with van der Waals surface area (Å²) in [6, 6.07) is 19.9. The lowest BCUT2D eigenvalue weighted by Crippen LogP contribution is -2.39. The zero-order valence-corrected chi connectivity index (χ0v) is 16.8. The minimum Gasteiger partial charge on any atom is -0.497 e. The molecule has 0 saturated carbocycles. The smallest absolute Gasteiger partial charge is 0.316 e. The first-order chi connectivity index (χ1) is 14.1. The molecule has 2 N–H and O–H groups in total. The van der Waals surface area contributed by atoms with Gasteiger partial charge in [-0.25, -0.2) is 4.79 Å². The summed E-state index contributed by atoms with van der Waals surface area (Å²) in [6.07, 6.45) is 1.72. The third kappa shape index (κ3) is 5.04. The van der Waals surface area contributed by atoms with Gasteiger partial charge in [0.15, 0.2) is 0 Å². The molecule has 0 aliphatic heterocycles. The highest BCUT2D eigenvalue weighted by molar-refractivity contribution is 5.75. The normalized spacial score (nSPS) is 12.5. The van der Waals surface area contributed by atoms with Crippen molar-refractivity contribution in [2.24, 2.45) is 0 Å². The first kappa shape index (κ1) is 20.2. The molecule has 29 heavy (non-hydrogen) atoms. The fourth-order valence-corrected chi connectivity index (χ4v) is 3.15. The van der Waals surface area contributed by atoms with Gasteiger partial charge in [-0.15, -0.1) is 0 Å². The Morgan fingerprint density at radius 2 is 1.69 bits per heavy atom. The number of urea groups is 1. The molecule has 1 aromatic heterocycles. The molecule has 3 aromatic rings. The van der Waals surface area contributed by atoms with E-state index in [0.717, 1.165) is 16.8 Å². The fourth-order valence-electron chi connectivity index (χ4n) is 3.15. The zero-order valence-electron chi connectivity index (χ0n) is 16.8. The Labute approximate surface area is 170 Å². The Kier molecular flexibility index (Phi) is 6.68. The van der Waals surface area contributed by atoms with Crippen molar-refractivity contribution in [3.05, 3.63) is 89.7 Å². The van der Waals surface area contributed by atoms with Crippen molar-refractivity contribution in [3.8, 4) is 11.5 Å². The number of amides is 2. The van der Waals surface area contributed by atoms with Crippen LogP contribution in [0.15, 0.2) is 72.9 Å². The van der Waals surface area contributed by atoms with E-state index in [-0.39, 0.29) is 18.1 Å². The van der Waals surface area contributed by atoms with Crippen LogP contribution in [0.3, 0.4) is 0 Å². The molecular formula is C23H25N3O3. The van der Waals surface area contributed by atoms with Crippen molar-refractivity contribution in [1.82, 2.24) is 15.6 Å². The number of aromatic nitrogens is 1. The van der Waals surface area contributed by atoms with E-state index in [9.17, 15) is 4.79 Å². The number of nitrogens with one attached hydrogen (secondary N) is 2. The molecular weight excluding hydrogens is 366 g/mol. The molecule has 2 unspecified atom stereocenters. The number of nitrogens with zero attached hydrogens (tertiary/aromatic N) is 1. The van der Waals surface area contributed by atoms with Gasteiger partial charge in [-0.3, -0.25) is 4.98 Å². The quantitative estimate of drug-likeness (QED) is 0.632. The van der Waals surface area contributed by atoms with Crippen LogP contribution in [0.25, 0.3) is 0 Å². The molecule has 0 aliphatic rings. The van der Waals surface area contributed by atoms with Crippen LogP contribution in [0.1, 0.15) is 35.8 Å². The molecule has 0 fully saturated rings. The summed E-state index contributed by atoms with van der Waals surface area (Å²) in [5.74, 6) is 1.38. The minimum absolute atomic E-state index is 0.291. The van der Waals surface area contributed by atoms with E-state index in [1.807, 2.05) is 73.7 Å². The Balaban J connectivity index is 1.79. The van der Waals surface area contributed by atoms with E-state index in [2.05, 4.69) is 15.6 Å². The summed E-state index contributed by atoms with van der Waals surface area (Å²) in [5.41, 5.74) is 2.55. The van der Waals surface area contributed by atoms with Crippen molar-refractivity contribution in [3.63, 3.8) is 0 Å². The molecule has 0 bridgehead atoms. The molecule has 2 aromatic carbocycles. The van der Waals surface area contributed by atoms with Crippen LogP contribution in [-0.4, -0.2) is 25.2 Å².